The zero-order valence-corrected chi connectivity index (χ0v) is 13.2. The van der Waals surface area contributed by atoms with Crippen LogP contribution in [-0.2, 0) is 9.53 Å². The fraction of sp³-hybridized carbons (Fsp3) is 0.929. The molecule has 0 fully saturated rings. The van der Waals surface area contributed by atoms with E-state index in [1.54, 1.807) is 0 Å². The monoisotopic (exact) mass is 254 g/mol. The molecular weight excluding hydrogens is 224 g/mol. The van der Waals surface area contributed by atoms with E-state index in [1.807, 2.05) is 0 Å². The van der Waals surface area contributed by atoms with Gasteiger partial charge in [-0.25, -0.2) is 0 Å². The summed E-state index contributed by atoms with van der Waals surface area (Å²) in [5.74, 6) is -0.0120. The van der Waals surface area contributed by atoms with E-state index < -0.39 is 0 Å². The van der Waals surface area contributed by atoms with Crippen molar-refractivity contribution in [1.29, 1.82) is 0 Å². The van der Waals surface area contributed by atoms with Crippen LogP contribution in [-0.4, -0.2) is 35.6 Å². The van der Waals surface area contributed by atoms with Crippen molar-refractivity contribution in [1.82, 2.24) is 0 Å². The second-order valence-electron chi connectivity index (χ2n) is 4.45. The molecule has 100 valence electrons. The van der Waals surface area contributed by atoms with Crippen LogP contribution in [0.5, 0.6) is 0 Å². The molecule has 0 spiro atoms. The molecule has 0 unspecified atom stereocenters. The van der Waals surface area contributed by atoms with Gasteiger partial charge in [-0.05, 0) is 12.8 Å². The molecule has 0 aromatic heterocycles. The second-order valence-corrected chi connectivity index (χ2v) is 4.45. The average molecular weight is 255 g/mol. The molecule has 0 rings (SSSR count). The molecule has 0 amide bonds. The Morgan fingerprint density at radius 3 is 2.06 bits per heavy atom. The number of unbranched alkanes of at least 4 members (excludes halogenated alkanes) is 7. The fourth-order valence-electron chi connectivity index (χ4n) is 1.66. The summed E-state index contributed by atoms with van der Waals surface area (Å²) in [6.07, 6.45) is 11.3. The van der Waals surface area contributed by atoms with Gasteiger partial charge in [-0.1, -0.05) is 58.8 Å². The van der Waals surface area contributed by atoms with E-state index in [-0.39, 0.29) is 31.9 Å². The standard InChI is InChI=1S/C14H28O2.Mg.2H/c1-3-5-7-8-9-11-13-16-14(15)12-10-6-4-2;;;/h3-13H2,1-2H3;;;/q;+2;2*-1. The van der Waals surface area contributed by atoms with E-state index in [2.05, 4.69) is 13.8 Å². The molecule has 0 bridgehead atoms. The molecule has 2 nitrogen and oxygen atoms in total. The number of esters is 1. The summed E-state index contributed by atoms with van der Waals surface area (Å²) in [7, 11) is 0. The third-order valence-corrected chi connectivity index (χ3v) is 2.75. The maximum absolute atomic E-state index is 11.2. The third-order valence-electron chi connectivity index (χ3n) is 2.75. The first-order valence-electron chi connectivity index (χ1n) is 6.96. The second kappa shape index (κ2) is 16.2. The first-order chi connectivity index (χ1) is 7.81. The Balaban J connectivity index is -0.000000375. The zero-order valence-electron chi connectivity index (χ0n) is 13.8. The summed E-state index contributed by atoms with van der Waals surface area (Å²) in [6, 6.07) is 0. The van der Waals surface area contributed by atoms with Gasteiger partial charge in [0.2, 0.25) is 0 Å². The number of carbonyl (C=O) groups excluding carboxylic acids is 1. The molecule has 0 heterocycles. The topological polar surface area (TPSA) is 26.3 Å². The van der Waals surface area contributed by atoms with Crippen LogP contribution < -0.4 is 0 Å². The summed E-state index contributed by atoms with van der Waals surface area (Å²) in [5, 5.41) is 0. The van der Waals surface area contributed by atoms with E-state index >= 15 is 0 Å². The minimum atomic E-state index is -0.0120. The van der Waals surface area contributed by atoms with Crippen LogP contribution in [0.15, 0.2) is 0 Å². The van der Waals surface area contributed by atoms with Crippen molar-refractivity contribution in [2.45, 2.75) is 78.1 Å². The molecule has 0 aromatic rings. The van der Waals surface area contributed by atoms with Gasteiger partial charge in [0.1, 0.15) is 0 Å². The maximum atomic E-state index is 11.2. The Hall–Kier alpha value is 0.236. The molecule has 0 aliphatic carbocycles. The molecule has 17 heavy (non-hydrogen) atoms. The summed E-state index contributed by atoms with van der Waals surface area (Å²) in [4.78, 5) is 11.2. The Labute approximate surface area is 126 Å². The van der Waals surface area contributed by atoms with Crippen molar-refractivity contribution in [3.05, 3.63) is 0 Å². The van der Waals surface area contributed by atoms with Crippen LogP contribution in [0.4, 0.5) is 0 Å². The number of hydrogen-bond acceptors (Lipinski definition) is 2. The van der Waals surface area contributed by atoms with Crippen molar-refractivity contribution in [2.75, 3.05) is 6.61 Å². The van der Waals surface area contributed by atoms with Crippen LogP contribution in [0, 0.1) is 0 Å². The average Bonchev–Trinajstić information content (AvgIpc) is 2.28. The smallest absolute Gasteiger partial charge is 1.00 e. The number of rotatable bonds is 11. The van der Waals surface area contributed by atoms with E-state index in [4.69, 9.17) is 4.74 Å². The largest absolute Gasteiger partial charge is 2.00 e. The van der Waals surface area contributed by atoms with E-state index in [0.29, 0.717) is 13.0 Å². The van der Waals surface area contributed by atoms with Crippen molar-refractivity contribution in [2.24, 2.45) is 0 Å². The summed E-state index contributed by atoms with van der Waals surface area (Å²) in [5.41, 5.74) is 0. The minimum Gasteiger partial charge on any atom is -1.00 e. The quantitative estimate of drug-likeness (QED) is 0.312. The predicted octanol–water partition coefficient (Wildman–Crippen LogP) is 4.31. The van der Waals surface area contributed by atoms with Gasteiger partial charge < -0.3 is 7.59 Å². The van der Waals surface area contributed by atoms with Gasteiger partial charge in [0, 0.05) is 6.42 Å². The Kier molecular flexibility index (Phi) is 18.7. The molecule has 0 saturated carbocycles. The number of ether oxygens (including phenoxy) is 1. The van der Waals surface area contributed by atoms with Crippen LogP contribution in [0.2, 0.25) is 0 Å². The molecule has 0 aromatic carbocycles. The van der Waals surface area contributed by atoms with Gasteiger partial charge in [-0.3, -0.25) is 4.79 Å². The third kappa shape index (κ3) is 16.2. The molecule has 0 N–H and O–H groups in total. The minimum absolute atomic E-state index is 0. The first-order valence-corrected chi connectivity index (χ1v) is 6.96. The molecule has 0 aliphatic rings. The first kappa shape index (κ1) is 19.6. The Bertz CT molecular complexity index is 170. The molecule has 0 radical (unpaired) electrons. The van der Waals surface area contributed by atoms with Crippen LogP contribution in [0.25, 0.3) is 0 Å². The van der Waals surface area contributed by atoms with Crippen LogP contribution in [0.3, 0.4) is 0 Å². The maximum Gasteiger partial charge on any atom is 2.00 e. The van der Waals surface area contributed by atoms with Gasteiger partial charge in [0.25, 0.3) is 0 Å². The van der Waals surface area contributed by atoms with E-state index in [0.717, 1.165) is 25.7 Å². The van der Waals surface area contributed by atoms with E-state index in [9.17, 15) is 4.79 Å². The zero-order chi connectivity index (χ0) is 12.1. The molecule has 0 atom stereocenters. The van der Waals surface area contributed by atoms with Gasteiger partial charge in [0.05, 0.1) is 6.61 Å². The predicted molar refractivity (Wildman–Crippen MR) is 76.5 cm³/mol. The molecule has 3 heteroatoms. The van der Waals surface area contributed by atoms with Gasteiger partial charge >= 0.3 is 29.0 Å². The van der Waals surface area contributed by atoms with Gasteiger partial charge in [-0.2, -0.15) is 0 Å². The SMILES string of the molecule is CCCCCCCCOC(=O)CCCCC.[H-].[H-].[Mg+2]. The van der Waals surface area contributed by atoms with Crippen LogP contribution >= 0.6 is 0 Å². The normalized spacial score (nSPS) is 9.76. The molecule has 0 saturated heterocycles. The van der Waals surface area contributed by atoms with Crippen molar-refractivity contribution in [3.63, 3.8) is 0 Å². The molecule has 0 aliphatic heterocycles. The Morgan fingerprint density at radius 1 is 0.882 bits per heavy atom. The fourth-order valence-corrected chi connectivity index (χ4v) is 1.66. The van der Waals surface area contributed by atoms with Gasteiger partial charge in [-0.15, -0.1) is 0 Å². The van der Waals surface area contributed by atoms with Crippen molar-refractivity contribution < 1.29 is 12.4 Å². The summed E-state index contributed by atoms with van der Waals surface area (Å²) >= 11 is 0. The van der Waals surface area contributed by atoms with Gasteiger partial charge in [0.15, 0.2) is 0 Å². The number of hydrogen-bond donors (Lipinski definition) is 0. The van der Waals surface area contributed by atoms with Crippen molar-refractivity contribution in [3.8, 4) is 0 Å². The summed E-state index contributed by atoms with van der Waals surface area (Å²) in [6.45, 7) is 4.98. The van der Waals surface area contributed by atoms with Crippen LogP contribution in [0.1, 0.15) is 80.9 Å². The number of carbonyl (C=O) groups is 1. The molecular formula is C14H30MgO2. The van der Waals surface area contributed by atoms with E-state index in [1.165, 1.54) is 32.1 Å². The summed E-state index contributed by atoms with van der Waals surface area (Å²) < 4.78 is 5.16. The Morgan fingerprint density at radius 2 is 1.41 bits per heavy atom. The van der Waals surface area contributed by atoms with Crippen molar-refractivity contribution >= 4 is 29.0 Å².